The third-order valence-electron chi connectivity index (χ3n) is 3.84. The Morgan fingerprint density at radius 3 is 2.68 bits per heavy atom. The van der Waals surface area contributed by atoms with Gasteiger partial charge >= 0.3 is 0 Å². The standard InChI is InChI=1S/C16H17N3O2S/c17-14(20)13-10-18-15(22-13)12-8-4-5-9-19(12)16(21)11-6-2-1-3-7-11/h1-3,6-7,10,12H,4-5,8-9H2,(H2,17,20). The average molecular weight is 315 g/mol. The molecule has 0 bridgehead atoms. The van der Waals surface area contributed by atoms with E-state index >= 15 is 0 Å². The molecule has 22 heavy (non-hydrogen) atoms. The maximum atomic E-state index is 12.7. The summed E-state index contributed by atoms with van der Waals surface area (Å²) in [4.78, 5) is 30.6. The number of amides is 2. The second kappa shape index (κ2) is 6.27. The summed E-state index contributed by atoms with van der Waals surface area (Å²) < 4.78 is 0. The van der Waals surface area contributed by atoms with Crippen molar-refractivity contribution in [3.05, 3.63) is 52.0 Å². The van der Waals surface area contributed by atoms with Crippen LogP contribution in [0.3, 0.4) is 0 Å². The molecular formula is C16H17N3O2S. The first kappa shape index (κ1) is 14.7. The highest BCUT2D eigenvalue weighted by Gasteiger charge is 2.30. The number of rotatable bonds is 3. The van der Waals surface area contributed by atoms with Gasteiger partial charge in [0.2, 0.25) is 0 Å². The van der Waals surface area contributed by atoms with Crippen LogP contribution in [0.25, 0.3) is 0 Å². The Morgan fingerprint density at radius 1 is 1.23 bits per heavy atom. The Hall–Kier alpha value is -2.21. The SMILES string of the molecule is NC(=O)c1cnc(C2CCCCN2C(=O)c2ccccc2)s1. The number of primary amides is 1. The van der Waals surface area contributed by atoms with Gasteiger partial charge < -0.3 is 10.6 Å². The van der Waals surface area contributed by atoms with Gasteiger partial charge in [-0.15, -0.1) is 11.3 Å². The number of carbonyl (C=O) groups is 2. The number of hydrogen-bond acceptors (Lipinski definition) is 4. The molecular weight excluding hydrogens is 298 g/mol. The Kier molecular flexibility index (Phi) is 4.20. The Morgan fingerprint density at radius 2 is 2.00 bits per heavy atom. The summed E-state index contributed by atoms with van der Waals surface area (Å²) in [7, 11) is 0. The molecule has 2 aromatic rings. The molecule has 114 valence electrons. The minimum atomic E-state index is -0.472. The summed E-state index contributed by atoms with van der Waals surface area (Å²) in [5.41, 5.74) is 5.97. The second-order valence-electron chi connectivity index (χ2n) is 5.30. The number of likely N-dealkylation sites (tertiary alicyclic amines) is 1. The Bertz CT molecular complexity index is 684. The molecule has 2 amide bonds. The van der Waals surface area contributed by atoms with E-state index in [1.807, 2.05) is 35.2 Å². The summed E-state index contributed by atoms with van der Waals surface area (Å²) in [6.45, 7) is 0.712. The first-order valence-electron chi connectivity index (χ1n) is 7.28. The number of carbonyl (C=O) groups excluding carboxylic acids is 2. The van der Waals surface area contributed by atoms with E-state index in [9.17, 15) is 9.59 Å². The number of nitrogens with two attached hydrogens (primary N) is 1. The summed E-state index contributed by atoms with van der Waals surface area (Å²) in [6, 6.07) is 9.20. The van der Waals surface area contributed by atoms with E-state index in [0.717, 1.165) is 24.3 Å². The first-order chi connectivity index (χ1) is 10.7. The van der Waals surface area contributed by atoms with Gasteiger partial charge in [0.25, 0.3) is 11.8 Å². The molecule has 5 nitrogen and oxygen atoms in total. The van der Waals surface area contributed by atoms with Crippen molar-refractivity contribution in [3.8, 4) is 0 Å². The zero-order chi connectivity index (χ0) is 15.5. The highest BCUT2D eigenvalue weighted by atomic mass is 32.1. The predicted octanol–water partition coefficient (Wildman–Crippen LogP) is 2.61. The fraction of sp³-hybridized carbons (Fsp3) is 0.312. The van der Waals surface area contributed by atoms with Crippen LogP contribution in [0.4, 0.5) is 0 Å². The van der Waals surface area contributed by atoms with Gasteiger partial charge in [-0.05, 0) is 31.4 Å². The maximum absolute atomic E-state index is 12.7. The van der Waals surface area contributed by atoms with Crippen molar-refractivity contribution < 1.29 is 9.59 Å². The summed E-state index contributed by atoms with van der Waals surface area (Å²) in [6.07, 6.45) is 4.41. The molecule has 0 radical (unpaired) electrons. The van der Waals surface area contributed by atoms with Gasteiger partial charge in [0.15, 0.2) is 0 Å². The predicted molar refractivity (Wildman–Crippen MR) is 84.7 cm³/mol. The molecule has 1 atom stereocenters. The quantitative estimate of drug-likeness (QED) is 0.946. The molecule has 3 rings (SSSR count). The van der Waals surface area contributed by atoms with Crippen LogP contribution in [0.2, 0.25) is 0 Å². The molecule has 1 aromatic heterocycles. The monoisotopic (exact) mass is 315 g/mol. The zero-order valence-corrected chi connectivity index (χ0v) is 12.9. The van der Waals surface area contributed by atoms with Crippen LogP contribution < -0.4 is 5.73 Å². The molecule has 1 aliphatic rings. The van der Waals surface area contributed by atoms with E-state index in [1.54, 1.807) is 0 Å². The number of aromatic nitrogens is 1. The van der Waals surface area contributed by atoms with Gasteiger partial charge in [0.1, 0.15) is 9.88 Å². The smallest absolute Gasteiger partial charge is 0.260 e. The van der Waals surface area contributed by atoms with E-state index in [0.29, 0.717) is 17.0 Å². The number of piperidine rings is 1. The fourth-order valence-electron chi connectivity index (χ4n) is 2.73. The van der Waals surface area contributed by atoms with Crippen LogP contribution in [-0.2, 0) is 0 Å². The Labute approximate surface area is 132 Å². The normalized spacial score (nSPS) is 18.2. The van der Waals surface area contributed by atoms with Gasteiger partial charge in [0.05, 0.1) is 12.2 Å². The average Bonchev–Trinajstić information content (AvgIpc) is 3.05. The van der Waals surface area contributed by atoms with E-state index in [-0.39, 0.29) is 11.9 Å². The van der Waals surface area contributed by atoms with Crippen LogP contribution in [0, 0.1) is 0 Å². The highest BCUT2D eigenvalue weighted by Crippen LogP contribution is 2.34. The van der Waals surface area contributed by atoms with Crippen molar-refractivity contribution in [3.63, 3.8) is 0 Å². The van der Waals surface area contributed by atoms with Crippen molar-refractivity contribution in [2.24, 2.45) is 5.73 Å². The minimum absolute atomic E-state index is 0.0149. The molecule has 0 spiro atoms. The van der Waals surface area contributed by atoms with Crippen molar-refractivity contribution in [1.82, 2.24) is 9.88 Å². The molecule has 2 N–H and O–H groups in total. The molecule has 0 aliphatic carbocycles. The van der Waals surface area contributed by atoms with E-state index in [1.165, 1.54) is 17.5 Å². The highest BCUT2D eigenvalue weighted by molar-refractivity contribution is 7.13. The van der Waals surface area contributed by atoms with Crippen molar-refractivity contribution in [1.29, 1.82) is 0 Å². The van der Waals surface area contributed by atoms with Crippen molar-refractivity contribution >= 4 is 23.2 Å². The second-order valence-corrected chi connectivity index (χ2v) is 6.37. The van der Waals surface area contributed by atoms with Crippen LogP contribution in [0.15, 0.2) is 36.5 Å². The van der Waals surface area contributed by atoms with Crippen molar-refractivity contribution in [2.45, 2.75) is 25.3 Å². The summed E-state index contributed by atoms with van der Waals surface area (Å²) in [5.74, 6) is -0.457. The van der Waals surface area contributed by atoms with Crippen molar-refractivity contribution in [2.75, 3.05) is 6.54 Å². The summed E-state index contributed by atoms with van der Waals surface area (Å²) >= 11 is 1.28. The lowest BCUT2D eigenvalue weighted by atomic mass is 10.0. The minimum Gasteiger partial charge on any atom is -0.365 e. The third-order valence-corrected chi connectivity index (χ3v) is 4.95. The van der Waals surface area contributed by atoms with E-state index in [4.69, 9.17) is 5.73 Å². The molecule has 1 saturated heterocycles. The van der Waals surface area contributed by atoms with Gasteiger partial charge in [-0.3, -0.25) is 9.59 Å². The van der Waals surface area contributed by atoms with Crippen LogP contribution >= 0.6 is 11.3 Å². The number of thiazole rings is 1. The van der Waals surface area contributed by atoms with Gasteiger partial charge in [-0.1, -0.05) is 18.2 Å². The number of benzene rings is 1. The fourth-order valence-corrected chi connectivity index (χ4v) is 3.65. The van der Waals surface area contributed by atoms with Crippen LogP contribution in [-0.4, -0.2) is 28.2 Å². The van der Waals surface area contributed by atoms with Crippen LogP contribution in [0.5, 0.6) is 0 Å². The molecule has 1 unspecified atom stereocenters. The van der Waals surface area contributed by atoms with Gasteiger partial charge in [0, 0.05) is 12.1 Å². The van der Waals surface area contributed by atoms with Gasteiger partial charge in [-0.25, -0.2) is 4.98 Å². The largest absolute Gasteiger partial charge is 0.365 e. The molecule has 1 aromatic carbocycles. The zero-order valence-electron chi connectivity index (χ0n) is 12.1. The molecule has 1 fully saturated rings. The first-order valence-corrected chi connectivity index (χ1v) is 8.10. The van der Waals surface area contributed by atoms with Gasteiger partial charge in [-0.2, -0.15) is 0 Å². The Balaban J connectivity index is 1.87. The lowest BCUT2D eigenvalue weighted by molar-refractivity contribution is 0.0611. The van der Waals surface area contributed by atoms with Crippen LogP contribution in [0.1, 0.15) is 50.3 Å². The van der Waals surface area contributed by atoms with E-state index in [2.05, 4.69) is 4.98 Å². The molecule has 0 saturated carbocycles. The van der Waals surface area contributed by atoms with E-state index < -0.39 is 5.91 Å². The lowest BCUT2D eigenvalue weighted by Gasteiger charge is -2.34. The summed E-state index contributed by atoms with van der Waals surface area (Å²) in [5, 5.41) is 0.790. The lowest BCUT2D eigenvalue weighted by Crippen LogP contribution is -2.38. The molecule has 1 aliphatic heterocycles. The topological polar surface area (TPSA) is 76.3 Å². The maximum Gasteiger partial charge on any atom is 0.260 e. The number of nitrogens with zero attached hydrogens (tertiary/aromatic N) is 2. The third kappa shape index (κ3) is 2.87. The number of hydrogen-bond donors (Lipinski definition) is 1. The molecule has 6 heteroatoms. The molecule has 2 heterocycles.